The van der Waals surface area contributed by atoms with Crippen LogP contribution < -0.4 is 9.64 Å². The molecule has 4 nitrogen and oxygen atoms in total. The van der Waals surface area contributed by atoms with Crippen molar-refractivity contribution in [2.75, 3.05) is 25.1 Å². The Kier molecular flexibility index (Phi) is 5.21. The van der Waals surface area contributed by atoms with Crippen molar-refractivity contribution < 1.29 is 14.3 Å². The van der Waals surface area contributed by atoms with Crippen LogP contribution in [0.2, 0.25) is 0 Å². The van der Waals surface area contributed by atoms with Gasteiger partial charge in [0.15, 0.2) is 0 Å². The molecule has 21 heavy (non-hydrogen) atoms. The molecular formula is C17H19NO3. The highest BCUT2D eigenvalue weighted by molar-refractivity contribution is 5.63. The summed E-state index contributed by atoms with van der Waals surface area (Å²) < 4.78 is 10.1. The van der Waals surface area contributed by atoms with Gasteiger partial charge in [0, 0.05) is 12.7 Å². The lowest BCUT2D eigenvalue weighted by atomic mass is 10.2. The summed E-state index contributed by atoms with van der Waals surface area (Å²) in [5.41, 5.74) is 2.19. The van der Waals surface area contributed by atoms with E-state index in [4.69, 9.17) is 9.47 Å². The molecule has 2 aromatic carbocycles. The zero-order valence-electron chi connectivity index (χ0n) is 12.3. The summed E-state index contributed by atoms with van der Waals surface area (Å²) in [6.45, 7) is 2.85. The molecule has 0 aliphatic rings. The minimum absolute atomic E-state index is 0.274. The largest absolute Gasteiger partial charge is 0.513 e. The van der Waals surface area contributed by atoms with Crippen LogP contribution >= 0.6 is 0 Å². The number of hydrogen-bond acceptors (Lipinski definition) is 4. The maximum absolute atomic E-state index is 11.6. The molecule has 2 rings (SSSR count). The van der Waals surface area contributed by atoms with Crippen LogP contribution in [0, 0.1) is 6.92 Å². The van der Waals surface area contributed by atoms with Gasteiger partial charge in [-0.1, -0.05) is 35.9 Å². The van der Waals surface area contributed by atoms with Crippen LogP contribution in [0.15, 0.2) is 54.6 Å². The van der Waals surface area contributed by atoms with Crippen molar-refractivity contribution in [1.82, 2.24) is 0 Å². The Morgan fingerprint density at radius 2 is 1.71 bits per heavy atom. The fraction of sp³-hybridized carbons (Fsp3) is 0.235. The molecule has 0 atom stereocenters. The number of para-hydroxylation sites is 1. The van der Waals surface area contributed by atoms with E-state index in [1.165, 1.54) is 0 Å². The van der Waals surface area contributed by atoms with Crippen LogP contribution in [-0.4, -0.2) is 26.4 Å². The summed E-state index contributed by atoms with van der Waals surface area (Å²) in [7, 11) is 1.95. The van der Waals surface area contributed by atoms with E-state index < -0.39 is 6.16 Å². The maximum Gasteiger partial charge on any atom is 0.513 e. The normalized spacial score (nSPS) is 10.0. The van der Waals surface area contributed by atoms with Gasteiger partial charge in [-0.2, -0.15) is 0 Å². The summed E-state index contributed by atoms with van der Waals surface area (Å²) >= 11 is 0. The van der Waals surface area contributed by atoms with Gasteiger partial charge >= 0.3 is 6.16 Å². The average molecular weight is 285 g/mol. The van der Waals surface area contributed by atoms with Gasteiger partial charge in [-0.05, 0) is 31.2 Å². The maximum atomic E-state index is 11.6. The van der Waals surface area contributed by atoms with Crippen LogP contribution in [0.1, 0.15) is 5.56 Å². The first-order valence-corrected chi connectivity index (χ1v) is 6.82. The van der Waals surface area contributed by atoms with Crippen molar-refractivity contribution >= 4 is 11.8 Å². The van der Waals surface area contributed by atoms with Crippen LogP contribution in [0.3, 0.4) is 0 Å². The van der Waals surface area contributed by atoms with Gasteiger partial charge in [0.25, 0.3) is 0 Å². The number of carbonyl (C=O) groups excluding carboxylic acids is 1. The molecule has 0 aromatic heterocycles. The number of hydrogen-bond donors (Lipinski definition) is 0. The zero-order valence-corrected chi connectivity index (χ0v) is 12.3. The number of rotatable bonds is 5. The Bertz CT molecular complexity index is 566. The lowest BCUT2D eigenvalue weighted by Crippen LogP contribution is -2.24. The average Bonchev–Trinajstić information content (AvgIpc) is 2.50. The Labute approximate surface area is 124 Å². The molecule has 110 valence electrons. The number of carbonyl (C=O) groups is 1. The van der Waals surface area contributed by atoms with Gasteiger partial charge < -0.3 is 14.4 Å². The highest BCUT2D eigenvalue weighted by atomic mass is 16.7. The summed E-state index contributed by atoms with van der Waals surface area (Å²) in [6, 6.07) is 17.2. The SMILES string of the molecule is Cc1ccc(OC(=O)OCCN(C)c2ccccc2)cc1. The Balaban J connectivity index is 1.73. The molecule has 0 fully saturated rings. The van der Waals surface area contributed by atoms with E-state index >= 15 is 0 Å². The number of likely N-dealkylation sites (N-methyl/N-ethyl adjacent to an activating group) is 1. The van der Waals surface area contributed by atoms with Crippen molar-refractivity contribution in [3.8, 4) is 5.75 Å². The summed E-state index contributed by atoms with van der Waals surface area (Å²) in [5, 5.41) is 0. The number of aryl methyl sites for hydroxylation is 1. The Hall–Kier alpha value is -2.49. The van der Waals surface area contributed by atoms with Crippen LogP contribution in [0.25, 0.3) is 0 Å². The summed E-state index contributed by atoms with van der Waals surface area (Å²) in [5.74, 6) is 0.488. The first kappa shape index (κ1) is 14.9. The lowest BCUT2D eigenvalue weighted by Gasteiger charge is -2.18. The fourth-order valence-corrected chi connectivity index (χ4v) is 1.81. The lowest BCUT2D eigenvalue weighted by molar-refractivity contribution is 0.102. The van der Waals surface area contributed by atoms with Gasteiger partial charge in [0.2, 0.25) is 0 Å². The molecular weight excluding hydrogens is 266 g/mol. The van der Waals surface area contributed by atoms with Gasteiger partial charge in [-0.25, -0.2) is 4.79 Å². The molecule has 0 spiro atoms. The van der Waals surface area contributed by atoms with Crippen molar-refractivity contribution in [2.24, 2.45) is 0 Å². The second-order valence-corrected chi connectivity index (χ2v) is 4.77. The van der Waals surface area contributed by atoms with E-state index in [1.54, 1.807) is 12.1 Å². The first-order chi connectivity index (χ1) is 10.1. The molecule has 0 aliphatic heterocycles. The smallest absolute Gasteiger partial charge is 0.432 e. The number of benzene rings is 2. The molecule has 0 unspecified atom stereocenters. The standard InChI is InChI=1S/C17H19NO3/c1-14-8-10-16(11-9-14)21-17(19)20-13-12-18(2)15-6-4-3-5-7-15/h3-11H,12-13H2,1-2H3. The van der Waals surface area contributed by atoms with Gasteiger partial charge in [-0.15, -0.1) is 0 Å². The topological polar surface area (TPSA) is 38.8 Å². The van der Waals surface area contributed by atoms with E-state index in [0.717, 1.165) is 11.3 Å². The minimum Gasteiger partial charge on any atom is -0.432 e. The highest BCUT2D eigenvalue weighted by Crippen LogP contribution is 2.12. The van der Waals surface area contributed by atoms with E-state index in [1.807, 2.05) is 61.3 Å². The summed E-state index contributed by atoms with van der Waals surface area (Å²) in [6.07, 6.45) is -0.680. The van der Waals surface area contributed by atoms with Crippen molar-refractivity contribution in [3.63, 3.8) is 0 Å². The van der Waals surface area contributed by atoms with Gasteiger partial charge in [0.05, 0.1) is 6.54 Å². The predicted octanol–water partition coefficient (Wildman–Crippen LogP) is 3.65. The van der Waals surface area contributed by atoms with E-state index in [0.29, 0.717) is 12.3 Å². The highest BCUT2D eigenvalue weighted by Gasteiger charge is 2.07. The van der Waals surface area contributed by atoms with Crippen LogP contribution in [-0.2, 0) is 4.74 Å². The van der Waals surface area contributed by atoms with Crippen molar-refractivity contribution in [1.29, 1.82) is 0 Å². The molecule has 0 saturated carbocycles. The molecule has 0 heterocycles. The molecule has 0 bridgehead atoms. The monoisotopic (exact) mass is 285 g/mol. The van der Waals surface area contributed by atoms with E-state index in [-0.39, 0.29) is 6.61 Å². The van der Waals surface area contributed by atoms with Crippen LogP contribution in [0.4, 0.5) is 10.5 Å². The van der Waals surface area contributed by atoms with Crippen LogP contribution in [0.5, 0.6) is 5.75 Å². The first-order valence-electron chi connectivity index (χ1n) is 6.82. The van der Waals surface area contributed by atoms with E-state index in [9.17, 15) is 4.79 Å². The molecule has 0 radical (unpaired) electrons. The molecule has 2 aromatic rings. The molecule has 4 heteroatoms. The molecule has 0 N–H and O–H groups in total. The second-order valence-electron chi connectivity index (χ2n) is 4.77. The Morgan fingerprint density at radius 3 is 2.38 bits per heavy atom. The summed E-state index contributed by atoms with van der Waals surface area (Å²) in [4.78, 5) is 13.6. The molecule has 0 amide bonds. The third kappa shape index (κ3) is 4.84. The number of anilines is 1. The fourth-order valence-electron chi connectivity index (χ4n) is 1.81. The van der Waals surface area contributed by atoms with Gasteiger partial charge in [0.1, 0.15) is 12.4 Å². The van der Waals surface area contributed by atoms with Crippen molar-refractivity contribution in [3.05, 3.63) is 60.2 Å². The molecule has 0 aliphatic carbocycles. The molecule has 0 saturated heterocycles. The predicted molar refractivity (Wildman–Crippen MR) is 82.9 cm³/mol. The third-order valence-corrected chi connectivity index (χ3v) is 3.07. The minimum atomic E-state index is -0.680. The Morgan fingerprint density at radius 1 is 1.05 bits per heavy atom. The van der Waals surface area contributed by atoms with Gasteiger partial charge in [-0.3, -0.25) is 0 Å². The van der Waals surface area contributed by atoms with Crippen molar-refractivity contribution in [2.45, 2.75) is 6.92 Å². The second kappa shape index (κ2) is 7.33. The zero-order chi connectivity index (χ0) is 15.1. The quantitative estimate of drug-likeness (QED) is 0.621. The number of nitrogens with zero attached hydrogens (tertiary/aromatic N) is 1. The number of ether oxygens (including phenoxy) is 2. The van der Waals surface area contributed by atoms with E-state index in [2.05, 4.69) is 0 Å². The third-order valence-electron chi connectivity index (χ3n) is 3.07.